The fourth-order valence-electron chi connectivity index (χ4n) is 11.2. The van der Waals surface area contributed by atoms with Gasteiger partial charge >= 0.3 is 11.9 Å². The van der Waals surface area contributed by atoms with Gasteiger partial charge < -0.3 is 137 Å². The van der Waals surface area contributed by atoms with E-state index in [0.29, 0.717) is 323 Å². The van der Waals surface area contributed by atoms with Gasteiger partial charge in [0.05, 0.1) is 330 Å². The third-order valence-electron chi connectivity index (χ3n) is 18.2. The average Bonchev–Trinajstić information content (AvgIpc) is 0.940. The predicted octanol–water partition coefficient (Wildman–Crippen LogP) is 12.6. The van der Waals surface area contributed by atoms with Gasteiger partial charge in [-0.05, 0) is 64.2 Å². The Hall–Kier alpha value is -2.66. The van der Waals surface area contributed by atoms with Gasteiger partial charge in [0.2, 0.25) is 0 Å². The molecule has 1 unspecified atom stereocenters. The first-order valence-corrected chi connectivity index (χ1v) is 47.2. The number of ether oxygens (including phenoxy) is 29. The smallest absolute Gasteiger partial charge is 0.305 e. The van der Waals surface area contributed by atoms with Crippen LogP contribution in [0.5, 0.6) is 0 Å². The second kappa shape index (κ2) is 112. The van der Waals surface area contributed by atoms with Crippen LogP contribution in [0.3, 0.4) is 0 Å². The van der Waals surface area contributed by atoms with E-state index in [-0.39, 0.29) is 45.0 Å². The van der Waals surface area contributed by atoms with Crippen molar-refractivity contribution in [1.82, 2.24) is 0 Å². The Morgan fingerprint density at radius 1 is 0.187 bits per heavy atom. The molecule has 0 bridgehead atoms. The van der Waals surface area contributed by atoms with E-state index in [9.17, 15) is 9.59 Å². The van der Waals surface area contributed by atoms with E-state index in [1.807, 2.05) is 0 Å². The molecule has 31 nitrogen and oxygen atoms in total. The number of esters is 2. The monoisotopic (exact) mass is 1780 g/mol. The third kappa shape index (κ3) is 108. The number of hydrogen-bond acceptors (Lipinski definition) is 31. The SMILES string of the molecule is CCCCCCCCC=CCCCCCCCC(=O)OCC(COC(=O)CCCCCCCC=CCCCCCCCC)OCC(COCCOCCOCCOCCOCCOCCOCCOCCOCCOCCOCCOCCOC)OCCOCCOCCOCCOCCOCCOCCOCCOCCOCCOCCOCCOC. The van der Waals surface area contributed by atoms with Crippen LogP contribution in [0.2, 0.25) is 0 Å². The molecule has 0 fully saturated rings. The number of hydrogen-bond donors (Lipinski definition) is 0. The minimum absolute atomic E-state index is 0.0680. The maximum atomic E-state index is 13.1. The van der Waals surface area contributed by atoms with Crippen LogP contribution in [0.4, 0.5) is 0 Å². The van der Waals surface area contributed by atoms with E-state index in [4.69, 9.17) is 137 Å². The minimum atomic E-state index is -0.720. The first-order valence-electron chi connectivity index (χ1n) is 47.2. The molecule has 0 aliphatic heterocycles. The summed E-state index contributed by atoms with van der Waals surface area (Å²) in [7, 11) is 3.29. The zero-order valence-corrected chi connectivity index (χ0v) is 77.7. The molecule has 0 rings (SSSR count). The molecular weight excluding hydrogens is 1600 g/mol. The van der Waals surface area contributed by atoms with E-state index in [2.05, 4.69) is 38.2 Å². The second-order valence-corrected chi connectivity index (χ2v) is 29.0. The van der Waals surface area contributed by atoms with Crippen molar-refractivity contribution in [2.75, 3.05) is 358 Å². The van der Waals surface area contributed by atoms with E-state index >= 15 is 0 Å². The fraction of sp³-hybridized carbons (Fsp3) is 0.935. The predicted molar refractivity (Wildman–Crippen MR) is 473 cm³/mol. The Kier molecular flexibility index (Phi) is 109. The summed E-state index contributed by atoms with van der Waals surface area (Å²) < 4.78 is 163. The summed E-state index contributed by atoms with van der Waals surface area (Å²) >= 11 is 0. The van der Waals surface area contributed by atoms with Gasteiger partial charge in [-0.1, -0.05) is 141 Å². The molecule has 0 aliphatic carbocycles. The van der Waals surface area contributed by atoms with Crippen LogP contribution in [0, 0.1) is 0 Å². The molecule has 0 radical (unpaired) electrons. The third-order valence-corrected chi connectivity index (χ3v) is 18.2. The molecule has 0 aromatic carbocycles. The Morgan fingerprint density at radius 2 is 0.366 bits per heavy atom. The van der Waals surface area contributed by atoms with Gasteiger partial charge in [-0.3, -0.25) is 9.59 Å². The molecule has 0 aromatic rings. The molecule has 0 saturated carbocycles. The van der Waals surface area contributed by atoms with Crippen molar-refractivity contribution >= 4 is 11.9 Å². The van der Waals surface area contributed by atoms with Crippen molar-refractivity contribution < 1.29 is 147 Å². The fourth-order valence-corrected chi connectivity index (χ4v) is 11.2. The first kappa shape index (κ1) is 120. The minimum Gasteiger partial charge on any atom is -0.463 e. The highest BCUT2D eigenvalue weighted by molar-refractivity contribution is 5.69. The normalized spacial score (nSPS) is 12.4. The van der Waals surface area contributed by atoms with E-state index in [1.54, 1.807) is 14.2 Å². The molecule has 0 aliphatic rings. The van der Waals surface area contributed by atoms with E-state index in [1.165, 1.54) is 89.9 Å². The lowest BCUT2D eigenvalue weighted by atomic mass is 10.1. The maximum absolute atomic E-state index is 13.1. The maximum Gasteiger partial charge on any atom is 0.305 e. The molecule has 0 N–H and O–H groups in total. The van der Waals surface area contributed by atoms with Crippen molar-refractivity contribution in [3.63, 3.8) is 0 Å². The Labute approximate surface area is 743 Å². The summed E-state index contributed by atoms with van der Waals surface area (Å²) in [5, 5.41) is 0. The van der Waals surface area contributed by atoms with Gasteiger partial charge in [-0.25, -0.2) is 0 Å². The number of carbonyl (C=O) groups excluding carboxylic acids is 2. The Morgan fingerprint density at radius 3 is 0.585 bits per heavy atom. The summed E-state index contributed by atoms with van der Waals surface area (Å²) in [4.78, 5) is 26.3. The lowest BCUT2D eigenvalue weighted by Crippen LogP contribution is -2.34. The molecule has 31 heteroatoms. The van der Waals surface area contributed by atoms with Gasteiger partial charge in [-0.15, -0.1) is 0 Å². The van der Waals surface area contributed by atoms with Crippen molar-refractivity contribution in [2.24, 2.45) is 0 Å². The second-order valence-electron chi connectivity index (χ2n) is 29.0. The number of unbranched alkanes of at least 4 members (excludes halogenated alkanes) is 22. The van der Waals surface area contributed by atoms with Gasteiger partial charge in [-0.2, -0.15) is 0 Å². The molecule has 0 saturated heterocycles. The summed E-state index contributed by atoms with van der Waals surface area (Å²) in [5.41, 5.74) is 0. The first-order chi connectivity index (χ1) is 61.1. The lowest BCUT2D eigenvalue weighted by molar-refractivity contribution is -0.159. The van der Waals surface area contributed by atoms with Gasteiger partial charge in [0.15, 0.2) is 0 Å². The topological polar surface area (TPSA) is 302 Å². The van der Waals surface area contributed by atoms with E-state index < -0.39 is 12.2 Å². The molecule has 1 atom stereocenters. The highest BCUT2D eigenvalue weighted by Gasteiger charge is 2.20. The highest BCUT2D eigenvalue weighted by atomic mass is 16.6. The zero-order valence-electron chi connectivity index (χ0n) is 77.7. The van der Waals surface area contributed by atoms with Crippen LogP contribution in [-0.2, 0) is 147 Å². The molecule has 732 valence electrons. The summed E-state index contributed by atoms with van der Waals surface area (Å²) in [5.74, 6) is -0.604. The number of methoxy groups -OCH3 is 2. The van der Waals surface area contributed by atoms with Crippen LogP contribution >= 0.6 is 0 Å². The van der Waals surface area contributed by atoms with Gasteiger partial charge in [0.1, 0.15) is 25.4 Å². The van der Waals surface area contributed by atoms with E-state index in [0.717, 1.165) is 77.0 Å². The lowest BCUT2D eigenvalue weighted by Gasteiger charge is -2.23. The molecule has 0 spiro atoms. The zero-order chi connectivity index (χ0) is 88.2. The Bertz CT molecular complexity index is 1960. The number of carbonyl (C=O) groups is 2. The highest BCUT2D eigenvalue weighted by Crippen LogP contribution is 2.14. The van der Waals surface area contributed by atoms with Crippen molar-refractivity contribution in [1.29, 1.82) is 0 Å². The van der Waals surface area contributed by atoms with Crippen molar-refractivity contribution in [3.8, 4) is 0 Å². The van der Waals surface area contributed by atoms with Gasteiger partial charge in [0.25, 0.3) is 0 Å². The number of rotatable bonds is 112. The standard InChI is InChI=1S/C92H178O31/c1-5-7-9-11-13-15-17-19-21-23-25-27-29-31-33-35-91(93)122-87-90(88-123-92(94)36-34-32-30-28-26-24-22-20-18-16-14-12-10-8-6-2)121-86-89(120-84-83-118-80-79-116-76-75-114-72-71-112-68-67-110-64-63-108-60-58-106-56-54-104-52-50-102-48-46-100-44-42-98-40-38-96-4)85-119-82-81-117-78-77-115-74-73-113-70-69-111-66-65-109-62-61-107-59-57-105-55-53-103-51-49-101-47-45-99-43-41-97-39-37-95-3/h19-22,89-90H,5-18,23-88H2,1-4H3. The summed E-state index contributed by atoms with van der Waals surface area (Å²) in [6.45, 7) is 26.6. The quantitative estimate of drug-likeness (QED) is 0.0310. The average molecular weight is 1780 g/mol. The molecule has 0 aromatic heterocycles. The van der Waals surface area contributed by atoms with Crippen LogP contribution in [0.25, 0.3) is 0 Å². The van der Waals surface area contributed by atoms with Crippen molar-refractivity contribution in [3.05, 3.63) is 24.3 Å². The summed E-state index contributed by atoms with van der Waals surface area (Å²) in [6, 6.07) is 0. The molecular formula is C92H178O31. The van der Waals surface area contributed by atoms with Crippen LogP contribution in [0.1, 0.15) is 194 Å². The largest absolute Gasteiger partial charge is 0.463 e. The van der Waals surface area contributed by atoms with Crippen LogP contribution in [-0.4, -0.2) is 382 Å². The molecule has 0 amide bonds. The Balaban J connectivity index is 4.85. The van der Waals surface area contributed by atoms with Crippen molar-refractivity contribution in [2.45, 2.75) is 206 Å². The summed E-state index contributed by atoms with van der Waals surface area (Å²) in [6.07, 6.45) is 39.2. The van der Waals surface area contributed by atoms with Crippen LogP contribution < -0.4 is 0 Å². The van der Waals surface area contributed by atoms with Crippen LogP contribution in [0.15, 0.2) is 24.3 Å². The molecule has 123 heavy (non-hydrogen) atoms. The number of allylic oxidation sites excluding steroid dienone is 4. The molecule has 0 heterocycles. The van der Waals surface area contributed by atoms with Gasteiger partial charge in [0, 0.05) is 27.1 Å².